The van der Waals surface area contributed by atoms with Crippen molar-refractivity contribution in [3.8, 4) is 0 Å². The molecule has 1 amide bonds. The monoisotopic (exact) mass is 308 g/mol. The molecular formula is C15H24N4OS. The third-order valence-electron chi connectivity index (χ3n) is 3.72. The Morgan fingerprint density at radius 2 is 2.19 bits per heavy atom. The molecule has 116 valence electrons. The second-order valence-electron chi connectivity index (χ2n) is 5.90. The van der Waals surface area contributed by atoms with E-state index in [0.29, 0.717) is 24.1 Å². The number of hydrogen-bond donors (Lipinski definition) is 1. The van der Waals surface area contributed by atoms with Gasteiger partial charge in [0.15, 0.2) is 5.16 Å². The van der Waals surface area contributed by atoms with Crippen molar-refractivity contribution >= 4 is 17.7 Å². The Labute approximate surface area is 130 Å². The summed E-state index contributed by atoms with van der Waals surface area (Å²) in [5.41, 5.74) is 0. The molecule has 1 fully saturated rings. The second kappa shape index (κ2) is 7.11. The van der Waals surface area contributed by atoms with Crippen molar-refractivity contribution in [2.75, 3.05) is 5.75 Å². The minimum atomic E-state index is 0.0438. The summed E-state index contributed by atoms with van der Waals surface area (Å²) in [6.07, 6.45) is 4.22. The molecule has 1 aliphatic rings. The van der Waals surface area contributed by atoms with Gasteiger partial charge in [-0.15, -0.1) is 16.8 Å². The van der Waals surface area contributed by atoms with Crippen molar-refractivity contribution in [3.63, 3.8) is 0 Å². The van der Waals surface area contributed by atoms with Crippen LogP contribution in [0.15, 0.2) is 17.8 Å². The van der Waals surface area contributed by atoms with Crippen LogP contribution >= 0.6 is 11.8 Å². The fraction of sp³-hybridized carbons (Fsp3) is 0.667. The van der Waals surface area contributed by atoms with Gasteiger partial charge in [-0.1, -0.05) is 31.7 Å². The lowest BCUT2D eigenvalue weighted by atomic mass is 10.1. The zero-order valence-corrected chi connectivity index (χ0v) is 13.8. The molecule has 1 N–H and O–H groups in total. The normalized spacial score (nSPS) is 16.0. The molecule has 1 unspecified atom stereocenters. The van der Waals surface area contributed by atoms with E-state index in [1.165, 1.54) is 24.6 Å². The van der Waals surface area contributed by atoms with Crippen molar-refractivity contribution in [2.45, 2.75) is 57.3 Å². The van der Waals surface area contributed by atoms with Crippen molar-refractivity contribution in [2.24, 2.45) is 5.92 Å². The molecule has 0 spiro atoms. The van der Waals surface area contributed by atoms with Crippen LogP contribution in [-0.2, 0) is 11.3 Å². The van der Waals surface area contributed by atoms with Crippen LogP contribution in [0.5, 0.6) is 0 Å². The second-order valence-corrected chi connectivity index (χ2v) is 6.85. The third-order valence-corrected chi connectivity index (χ3v) is 4.69. The lowest BCUT2D eigenvalue weighted by Crippen LogP contribution is -2.37. The quantitative estimate of drug-likeness (QED) is 0.592. The van der Waals surface area contributed by atoms with Crippen LogP contribution in [0.2, 0.25) is 0 Å². The fourth-order valence-corrected chi connectivity index (χ4v) is 2.71. The summed E-state index contributed by atoms with van der Waals surface area (Å²) in [5.74, 6) is 2.43. The van der Waals surface area contributed by atoms with Crippen molar-refractivity contribution in [1.29, 1.82) is 0 Å². The highest BCUT2D eigenvalue weighted by molar-refractivity contribution is 7.99. The highest BCUT2D eigenvalue weighted by Crippen LogP contribution is 2.40. The number of aromatic nitrogens is 3. The number of amides is 1. The Morgan fingerprint density at radius 1 is 1.48 bits per heavy atom. The first-order valence-electron chi connectivity index (χ1n) is 7.49. The summed E-state index contributed by atoms with van der Waals surface area (Å²) in [6.45, 7) is 10.7. The number of carbonyl (C=O) groups excluding carboxylic acids is 1. The van der Waals surface area contributed by atoms with Crippen LogP contribution in [0.3, 0.4) is 0 Å². The zero-order valence-electron chi connectivity index (χ0n) is 13.0. The van der Waals surface area contributed by atoms with E-state index in [4.69, 9.17) is 0 Å². The smallest absolute Gasteiger partial charge is 0.230 e. The van der Waals surface area contributed by atoms with Gasteiger partial charge in [0.05, 0.1) is 5.75 Å². The van der Waals surface area contributed by atoms with Gasteiger partial charge in [0.1, 0.15) is 5.82 Å². The SMILES string of the molecule is C=CCn1c(SCC(=O)NC(C)C(C)C)nnc1C1CC1. The summed E-state index contributed by atoms with van der Waals surface area (Å²) in [5, 5.41) is 12.3. The zero-order chi connectivity index (χ0) is 15.4. The molecule has 0 saturated heterocycles. The van der Waals surface area contributed by atoms with Crippen molar-refractivity contribution in [3.05, 3.63) is 18.5 Å². The molecule has 0 aromatic carbocycles. The van der Waals surface area contributed by atoms with Gasteiger partial charge in [-0.25, -0.2) is 0 Å². The highest BCUT2D eigenvalue weighted by Gasteiger charge is 2.30. The molecule has 0 aliphatic heterocycles. The average Bonchev–Trinajstić information content (AvgIpc) is 3.20. The molecule has 2 rings (SSSR count). The van der Waals surface area contributed by atoms with E-state index in [-0.39, 0.29) is 11.9 Å². The van der Waals surface area contributed by atoms with Crippen LogP contribution in [0.4, 0.5) is 0 Å². The van der Waals surface area contributed by atoms with E-state index in [1.807, 2.05) is 13.0 Å². The molecule has 21 heavy (non-hydrogen) atoms. The first kappa shape index (κ1) is 16.1. The van der Waals surface area contributed by atoms with Crippen LogP contribution in [0.1, 0.15) is 45.4 Å². The largest absolute Gasteiger partial charge is 0.353 e. The average molecular weight is 308 g/mol. The Bertz CT molecular complexity index is 508. The molecule has 1 aliphatic carbocycles. The maximum Gasteiger partial charge on any atom is 0.230 e. The van der Waals surface area contributed by atoms with Crippen LogP contribution < -0.4 is 5.32 Å². The van der Waals surface area contributed by atoms with E-state index >= 15 is 0 Å². The first-order chi connectivity index (χ1) is 10.0. The summed E-state index contributed by atoms with van der Waals surface area (Å²) in [6, 6.07) is 0.186. The number of rotatable bonds is 8. The number of nitrogens with one attached hydrogen (secondary N) is 1. The molecule has 1 aromatic rings. The van der Waals surface area contributed by atoms with E-state index < -0.39 is 0 Å². The molecule has 1 heterocycles. The number of hydrogen-bond acceptors (Lipinski definition) is 4. The summed E-state index contributed by atoms with van der Waals surface area (Å²) < 4.78 is 2.08. The van der Waals surface area contributed by atoms with Gasteiger partial charge in [0.25, 0.3) is 0 Å². The molecule has 5 nitrogen and oxygen atoms in total. The van der Waals surface area contributed by atoms with Gasteiger partial charge in [-0.3, -0.25) is 4.79 Å². The fourth-order valence-electron chi connectivity index (χ4n) is 1.94. The number of allylic oxidation sites excluding steroid dienone is 1. The highest BCUT2D eigenvalue weighted by atomic mass is 32.2. The molecular weight excluding hydrogens is 284 g/mol. The van der Waals surface area contributed by atoms with Gasteiger partial charge < -0.3 is 9.88 Å². The predicted octanol–water partition coefficient (Wildman–Crippen LogP) is 2.59. The predicted molar refractivity (Wildman–Crippen MR) is 85.4 cm³/mol. The third kappa shape index (κ3) is 4.33. The molecule has 1 aromatic heterocycles. The van der Waals surface area contributed by atoms with E-state index in [9.17, 15) is 4.79 Å². The minimum absolute atomic E-state index is 0.0438. The minimum Gasteiger partial charge on any atom is -0.353 e. The topological polar surface area (TPSA) is 59.8 Å². The number of thioether (sulfide) groups is 1. The van der Waals surface area contributed by atoms with Gasteiger partial charge in [-0.2, -0.15) is 0 Å². The number of nitrogens with zero attached hydrogens (tertiary/aromatic N) is 3. The first-order valence-corrected chi connectivity index (χ1v) is 8.47. The Hall–Kier alpha value is -1.30. The lowest BCUT2D eigenvalue weighted by Gasteiger charge is -2.17. The van der Waals surface area contributed by atoms with E-state index in [1.54, 1.807) is 0 Å². The maximum atomic E-state index is 11.9. The molecule has 0 bridgehead atoms. The Balaban J connectivity index is 1.93. The Morgan fingerprint density at radius 3 is 2.76 bits per heavy atom. The van der Waals surface area contributed by atoms with Gasteiger partial charge in [0.2, 0.25) is 5.91 Å². The molecule has 6 heteroatoms. The molecule has 1 atom stereocenters. The summed E-state index contributed by atoms with van der Waals surface area (Å²) >= 11 is 1.44. The van der Waals surface area contributed by atoms with Crippen molar-refractivity contribution < 1.29 is 4.79 Å². The molecule has 0 radical (unpaired) electrons. The maximum absolute atomic E-state index is 11.9. The summed E-state index contributed by atoms with van der Waals surface area (Å²) in [7, 11) is 0. The Kier molecular flexibility index (Phi) is 5.45. The van der Waals surface area contributed by atoms with Crippen LogP contribution in [0.25, 0.3) is 0 Å². The van der Waals surface area contributed by atoms with E-state index in [0.717, 1.165) is 11.0 Å². The van der Waals surface area contributed by atoms with Gasteiger partial charge >= 0.3 is 0 Å². The standard InChI is InChI=1S/C15H24N4OS/c1-5-8-19-14(12-6-7-12)17-18-15(19)21-9-13(20)16-11(4)10(2)3/h5,10-12H,1,6-9H2,2-4H3,(H,16,20). The summed E-state index contributed by atoms with van der Waals surface area (Å²) in [4.78, 5) is 11.9. The van der Waals surface area contributed by atoms with Crippen LogP contribution in [0, 0.1) is 5.92 Å². The van der Waals surface area contributed by atoms with Gasteiger partial charge in [0, 0.05) is 18.5 Å². The lowest BCUT2D eigenvalue weighted by molar-refractivity contribution is -0.119. The van der Waals surface area contributed by atoms with Crippen molar-refractivity contribution in [1.82, 2.24) is 20.1 Å². The number of carbonyl (C=O) groups is 1. The van der Waals surface area contributed by atoms with Crippen LogP contribution in [-0.4, -0.2) is 32.5 Å². The van der Waals surface area contributed by atoms with E-state index in [2.05, 4.69) is 40.5 Å². The molecule has 1 saturated carbocycles. The van der Waals surface area contributed by atoms with Gasteiger partial charge in [-0.05, 0) is 25.7 Å².